The van der Waals surface area contributed by atoms with E-state index >= 15 is 0 Å². The van der Waals surface area contributed by atoms with Gasteiger partial charge in [-0.3, -0.25) is 9.59 Å². The van der Waals surface area contributed by atoms with E-state index in [9.17, 15) is 9.59 Å². The van der Waals surface area contributed by atoms with Crippen LogP contribution in [0.3, 0.4) is 0 Å². The number of fused-ring (bicyclic) bond motifs is 1. The fourth-order valence-corrected chi connectivity index (χ4v) is 3.99. The summed E-state index contributed by atoms with van der Waals surface area (Å²) in [6, 6.07) is 15.0. The second-order valence-corrected chi connectivity index (χ2v) is 7.74. The summed E-state index contributed by atoms with van der Waals surface area (Å²) >= 11 is 0. The number of nitrogens with zero attached hydrogens (tertiary/aromatic N) is 3. The molecule has 0 radical (unpaired) electrons. The Kier molecular flexibility index (Phi) is 5.47. The van der Waals surface area contributed by atoms with Gasteiger partial charge in [0, 0.05) is 35.6 Å². The third kappa shape index (κ3) is 4.02. The standard InChI is InChI=1S/C25H22N4O3/c30-24(18-7-11-20(12-8-18)29-13-15-32-16-14-29)26-19-9-5-17(6-10-19)23-21-3-1-2-4-22(21)25(31)28-27-23/h1-12,22H,13-16H2,(H,26,30). The van der Waals surface area contributed by atoms with Gasteiger partial charge >= 0.3 is 0 Å². The average molecular weight is 426 g/mol. The fourth-order valence-electron chi connectivity index (χ4n) is 3.99. The van der Waals surface area contributed by atoms with E-state index in [0.29, 0.717) is 16.9 Å². The molecule has 1 aliphatic carbocycles. The zero-order valence-corrected chi connectivity index (χ0v) is 17.4. The average Bonchev–Trinajstić information content (AvgIpc) is 2.86. The first-order valence-corrected chi connectivity index (χ1v) is 10.6. The summed E-state index contributed by atoms with van der Waals surface area (Å²) in [5, 5.41) is 10.8. The number of amides is 2. The van der Waals surface area contributed by atoms with Crippen molar-refractivity contribution in [1.29, 1.82) is 0 Å². The van der Waals surface area contributed by atoms with Gasteiger partial charge in [0.15, 0.2) is 0 Å². The number of nitrogens with one attached hydrogen (secondary N) is 1. The molecule has 2 aromatic carbocycles. The van der Waals surface area contributed by atoms with Gasteiger partial charge in [-0.1, -0.05) is 36.4 Å². The molecular weight excluding hydrogens is 404 g/mol. The lowest BCUT2D eigenvalue weighted by molar-refractivity contribution is -0.119. The van der Waals surface area contributed by atoms with E-state index in [1.807, 2.05) is 72.8 Å². The minimum Gasteiger partial charge on any atom is -0.378 e. The number of carbonyl (C=O) groups excluding carboxylic acids is 2. The van der Waals surface area contributed by atoms with Crippen molar-refractivity contribution in [3.8, 4) is 0 Å². The maximum Gasteiger partial charge on any atom is 0.276 e. The molecule has 1 unspecified atom stereocenters. The van der Waals surface area contributed by atoms with Crippen LogP contribution >= 0.6 is 0 Å². The predicted octanol–water partition coefficient (Wildman–Crippen LogP) is 4.22. The summed E-state index contributed by atoms with van der Waals surface area (Å²) in [6.07, 6.45) is 7.45. The van der Waals surface area contributed by atoms with Gasteiger partial charge in [0.1, 0.15) is 0 Å². The Bertz CT molecular complexity index is 1150. The van der Waals surface area contributed by atoms with Crippen molar-refractivity contribution in [2.24, 2.45) is 16.1 Å². The van der Waals surface area contributed by atoms with E-state index in [2.05, 4.69) is 20.4 Å². The van der Waals surface area contributed by atoms with Crippen LogP contribution in [-0.4, -0.2) is 38.1 Å². The summed E-state index contributed by atoms with van der Waals surface area (Å²) in [5.41, 5.74) is 4.72. The first kappa shape index (κ1) is 20.1. The summed E-state index contributed by atoms with van der Waals surface area (Å²) in [7, 11) is 0. The zero-order valence-electron chi connectivity index (χ0n) is 17.4. The van der Waals surface area contributed by atoms with Crippen LogP contribution in [0, 0.1) is 5.92 Å². The summed E-state index contributed by atoms with van der Waals surface area (Å²) < 4.78 is 5.39. The number of ether oxygens (including phenoxy) is 1. The highest BCUT2D eigenvalue weighted by atomic mass is 16.5. The van der Waals surface area contributed by atoms with Gasteiger partial charge in [-0.25, -0.2) is 0 Å². The molecule has 2 aromatic rings. The predicted molar refractivity (Wildman–Crippen MR) is 122 cm³/mol. The molecule has 1 atom stereocenters. The Morgan fingerprint density at radius 3 is 2.47 bits per heavy atom. The van der Waals surface area contributed by atoms with Crippen LogP contribution in [0.5, 0.6) is 0 Å². The minimum absolute atomic E-state index is 0.170. The molecule has 3 aliphatic rings. The molecule has 2 heterocycles. The van der Waals surface area contributed by atoms with Crippen LogP contribution in [0.25, 0.3) is 5.70 Å². The van der Waals surface area contributed by atoms with E-state index in [1.54, 1.807) is 0 Å². The highest BCUT2D eigenvalue weighted by Crippen LogP contribution is 2.34. The monoisotopic (exact) mass is 426 g/mol. The van der Waals surface area contributed by atoms with Crippen molar-refractivity contribution in [3.05, 3.63) is 89.5 Å². The molecule has 1 fully saturated rings. The highest BCUT2D eigenvalue weighted by Gasteiger charge is 2.27. The van der Waals surface area contributed by atoms with Gasteiger partial charge in [-0.2, -0.15) is 0 Å². The Labute approximate surface area is 185 Å². The van der Waals surface area contributed by atoms with Crippen molar-refractivity contribution in [2.45, 2.75) is 0 Å². The van der Waals surface area contributed by atoms with E-state index in [0.717, 1.165) is 43.1 Å². The quantitative estimate of drug-likeness (QED) is 0.793. The molecule has 2 aliphatic heterocycles. The number of rotatable bonds is 4. The van der Waals surface area contributed by atoms with Gasteiger partial charge in [0.2, 0.25) is 0 Å². The summed E-state index contributed by atoms with van der Waals surface area (Å²) in [6.45, 7) is 3.16. The number of hydrogen-bond acceptors (Lipinski definition) is 5. The lowest BCUT2D eigenvalue weighted by Crippen LogP contribution is -2.36. The molecule has 2 amide bonds. The molecule has 32 heavy (non-hydrogen) atoms. The zero-order chi connectivity index (χ0) is 21.9. The van der Waals surface area contributed by atoms with Crippen LogP contribution < -0.4 is 10.2 Å². The molecule has 7 heteroatoms. The smallest absolute Gasteiger partial charge is 0.276 e. The molecule has 5 rings (SSSR count). The van der Waals surface area contributed by atoms with Gasteiger partial charge in [-0.05, 0) is 42.0 Å². The molecule has 160 valence electrons. The van der Waals surface area contributed by atoms with Gasteiger partial charge < -0.3 is 15.0 Å². The fraction of sp³-hybridized carbons (Fsp3) is 0.200. The first-order chi connectivity index (χ1) is 15.7. The molecule has 0 aromatic heterocycles. The number of hydrogen-bond donors (Lipinski definition) is 1. The molecule has 1 saturated heterocycles. The largest absolute Gasteiger partial charge is 0.378 e. The number of azo groups is 1. The number of morpholine rings is 1. The molecule has 0 saturated carbocycles. The third-order valence-electron chi connectivity index (χ3n) is 5.74. The maximum absolute atomic E-state index is 12.7. The van der Waals surface area contributed by atoms with Crippen molar-refractivity contribution < 1.29 is 14.3 Å². The molecular formula is C25H22N4O3. The van der Waals surface area contributed by atoms with Crippen LogP contribution in [-0.2, 0) is 9.53 Å². The van der Waals surface area contributed by atoms with Crippen molar-refractivity contribution in [2.75, 3.05) is 36.5 Å². The molecule has 7 nitrogen and oxygen atoms in total. The van der Waals surface area contributed by atoms with Crippen LogP contribution in [0.1, 0.15) is 15.9 Å². The molecule has 0 bridgehead atoms. The number of allylic oxidation sites excluding steroid dienone is 3. The topological polar surface area (TPSA) is 83.4 Å². The summed E-state index contributed by atoms with van der Waals surface area (Å²) in [5.74, 6) is -0.808. The normalized spacial score (nSPS) is 19.8. The van der Waals surface area contributed by atoms with Gasteiger partial charge in [0.05, 0.1) is 24.8 Å². The van der Waals surface area contributed by atoms with Crippen LogP contribution in [0.15, 0.2) is 88.6 Å². The Balaban J connectivity index is 1.28. The molecule has 1 N–H and O–H groups in total. The minimum atomic E-state index is -0.382. The second kappa shape index (κ2) is 8.72. The van der Waals surface area contributed by atoms with Crippen molar-refractivity contribution >= 4 is 28.9 Å². The Morgan fingerprint density at radius 2 is 1.72 bits per heavy atom. The Hall–Kier alpha value is -3.84. The lowest BCUT2D eigenvalue weighted by atomic mass is 9.89. The van der Waals surface area contributed by atoms with Crippen molar-refractivity contribution in [1.82, 2.24) is 0 Å². The lowest BCUT2D eigenvalue weighted by Gasteiger charge is -2.28. The van der Waals surface area contributed by atoms with E-state index in [4.69, 9.17) is 4.74 Å². The van der Waals surface area contributed by atoms with E-state index in [-0.39, 0.29) is 17.7 Å². The van der Waals surface area contributed by atoms with E-state index < -0.39 is 0 Å². The highest BCUT2D eigenvalue weighted by molar-refractivity contribution is 6.04. The number of carbonyl (C=O) groups is 2. The third-order valence-corrected chi connectivity index (χ3v) is 5.74. The maximum atomic E-state index is 12.7. The van der Waals surface area contributed by atoms with Gasteiger partial charge in [0.25, 0.3) is 11.8 Å². The number of benzene rings is 2. The second-order valence-electron chi connectivity index (χ2n) is 7.74. The SMILES string of the molecule is O=C(Nc1ccc(C2=C3C=CC=CC3C(=O)N=N2)cc1)c1ccc(N2CCOCC2)cc1. The van der Waals surface area contributed by atoms with Gasteiger partial charge in [-0.15, -0.1) is 10.2 Å². The van der Waals surface area contributed by atoms with Crippen molar-refractivity contribution in [3.63, 3.8) is 0 Å². The van der Waals surface area contributed by atoms with Crippen LogP contribution in [0.4, 0.5) is 11.4 Å². The van der Waals surface area contributed by atoms with E-state index in [1.165, 1.54) is 0 Å². The van der Waals surface area contributed by atoms with Crippen LogP contribution in [0.2, 0.25) is 0 Å². The summed E-state index contributed by atoms with van der Waals surface area (Å²) in [4.78, 5) is 26.9. The first-order valence-electron chi connectivity index (χ1n) is 10.6. The molecule has 0 spiro atoms. The Morgan fingerprint density at radius 1 is 0.969 bits per heavy atom. The number of anilines is 2.